The fourth-order valence-corrected chi connectivity index (χ4v) is 3.81. The van der Waals surface area contributed by atoms with Gasteiger partial charge in [0, 0.05) is 18.0 Å². The van der Waals surface area contributed by atoms with Gasteiger partial charge in [0.2, 0.25) is 0 Å². The summed E-state index contributed by atoms with van der Waals surface area (Å²) in [5.74, 6) is 0. The van der Waals surface area contributed by atoms with E-state index in [9.17, 15) is 0 Å². The van der Waals surface area contributed by atoms with Crippen LogP contribution in [0.4, 0.5) is 0 Å². The zero-order valence-electron chi connectivity index (χ0n) is 12.9. The van der Waals surface area contributed by atoms with Crippen LogP contribution in [-0.4, -0.2) is 21.8 Å². The van der Waals surface area contributed by atoms with Crippen molar-refractivity contribution in [3.8, 4) is 0 Å². The van der Waals surface area contributed by atoms with E-state index in [0.717, 1.165) is 22.8 Å². The Morgan fingerprint density at radius 1 is 1.38 bits per heavy atom. The first-order chi connectivity index (χ1) is 10.3. The van der Waals surface area contributed by atoms with Crippen LogP contribution < -0.4 is 5.32 Å². The number of rotatable bonds is 5. The van der Waals surface area contributed by atoms with Crippen molar-refractivity contribution < 1.29 is 0 Å². The zero-order valence-corrected chi connectivity index (χ0v) is 13.7. The molecule has 0 saturated heterocycles. The van der Waals surface area contributed by atoms with E-state index in [0.29, 0.717) is 6.04 Å². The van der Waals surface area contributed by atoms with Gasteiger partial charge < -0.3 is 5.32 Å². The lowest BCUT2D eigenvalue weighted by Gasteiger charge is -2.21. The van der Waals surface area contributed by atoms with E-state index < -0.39 is 0 Å². The zero-order chi connectivity index (χ0) is 14.7. The second-order valence-electron chi connectivity index (χ2n) is 5.92. The van der Waals surface area contributed by atoms with Gasteiger partial charge in [-0.15, -0.1) is 11.3 Å². The molecule has 0 spiro atoms. The first-order valence-electron chi connectivity index (χ1n) is 7.89. The lowest BCUT2D eigenvalue weighted by molar-refractivity contribution is 0.327. The van der Waals surface area contributed by atoms with Crippen molar-refractivity contribution in [1.82, 2.24) is 20.1 Å². The predicted molar refractivity (Wildman–Crippen MR) is 86.7 cm³/mol. The molecular formula is C16H24N4S. The minimum atomic E-state index is 0.254. The Morgan fingerprint density at radius 2 is 2.19 bits per heavy atom. The lowest BCUT2D eigenvalue weighted by Crippen LogP contribution is -2.20. The number of hydrogen-bond donors (Lipinski definition) is 1. The van der Waals surface area contributed by atoms with E-state index in [1.165, 1.54) is 32.1 Å². The van der Waals surface area contributed by atoms with E-state index in [1.807, 2.05) is 7.05 Å². The van der Waals surface area contributed by atoms with Crippen LogP contribution in [0.2, 0.25) is 0 Å². The molecule has 0 radical (unpaired) electrons. The Hall–Kier alpha value is -1.20. The van der Waals surface area contributed by atoms with Gasteiger partial charge in [-0.3, -0.25) is 4.68 Å². The van der Waals surface area contributed by atoms with Crippen LogP contribution in [0.5, 0.6) is 0 Å². The topological polar surface area (TPSA) is 42.7 Å². The summed E-state index contributed by atoms with van der Waals surface area (Å²) < 4.78 is 2.19. The number of hydrogen-bond acceptors (Lipinski definition) is 4. The summed E-state index contributed by atoms with van der Waals surface area (Å²) in [5.41, 5.74) is 2.29. The summed E-state index contributed by atoms with van der Waals surface area (Å²) in [4.78, 5) is 4.60. The van der Waals surface area contributed by atoms with Gasteiger partial charge >= 0.3 is 0 Å². The van der Waals surface area contributed by atoms with Gasteiger partial charge in [0.25, 0.3) is 0 Å². The van der Waals surface area contributed by atoms with E-state index in [2.05, 4.69) is 39.5 Å². The highest BCUT2D eigenvalue weighted by molar-refractivity contribution is 7.09. The van der Waals surface area contributed by atoms with Gasteiger partial charge in [-0.25, -0.2) is 4.98 Å². The van der Waals surface area contributed by atoms with Gasteiger partial charge in [0.1, 0.15) is 0 Å². The molecule has 1 atom stereocenters. The molecule has 1 saturated carbocycles. The fraction of sp³-hybridized carbons (Fsp3) is 0.625. The third kappa shape index (κ3) is 3.52. The largest absolute Gasteiger partial charge is 0.311 e. The van der Waals surface area contributed by atoms with Gasteiger partial charge in [0.15, 0.2) is 0 Å². The molecule has 2 aromatic heterocycles. The number of aromatic nitrogens is 3. The minimum absolute atomic E-state index is 0.254. The number of thiazole rings is 1. The molecule has 0 aromatic carbocycles. The van der Waals surface area contributed by atoms with Crippen molar-refractivity contribution in [3.63, 3.8) is 0 Å². The summed E-state index contributed by atoms with van der Waals surface area (Å²) in [6.07, 6.45) is 9.69. The van der Waals surface area contributed by atoms with E-state index >= 15 is 0 Å². The van der Waals surface area contributed by atoms with E-state index in [1.54, 1.807) is 11.3 Å². The Balaban J connectivity index is 1.68. The molecule has 1 N–H and O–H groups in total. The number of likely N-dealkylation sites (N-methyl/N-ethyl adjacent to an activating group) is 1. The van der Waals surface area contributed by atoms with Gasteiger partial charge in [0.05, 0.1) is 28.5 Å². The SMILES string of the molecule is CNC(Cc1ccn(C2CCCCC2)n1)c1csc(C)n1. The smallest absolute Gasteiger partial charge is 0.0898 e. The van der Waals surface area contributed by atoms with Crippen LogP contribution in [-0.2, 0) is 6.42 Å². The van der Waals surface area contributed by atoms with Crippen molar-refractivity contribution in [1.29, 1.82) is 0 Å². The molecule has 21 heavy (non-hydrogen) atoms. The molecule has 0 aliphatic heterocycles. The van der Waals surface area contributed by atoms with Crippen LogP contribution in [0.1, 0.15) is 60.6 Å². The fourth-order valence-electron chi connectivity index (χ4n) is 3.14. The number of aryl methyl sites for hydroxylation is 1. The number of nitrogens with one attached hydrogen (secondary N) is 1. The molecule has 1 fully saturated rings. The maximum atomic E-state index is 4.81. The summed E-state index contributed by atoms with van der Waals surface area (Å²) in [5, 5.41) is 11.4. The van der Waals surface area contributed by atoms with Crippen LogP contribution >= 0.6 is 11.3 Å². The minimum Gasteiger partial charge on any atom is -0.311 e. The molecule has 4 nitrogen and oxygen atoms in total. The van der Waals surface area contributed by atoms with Crippen LogP contribution in [0.15, 0.2) is 17.6 Å². The molecule has 1 aliphatic carbocycles. The summed E-state index contributed by atoms with van der Waals surface area (Å²) in [6, 6.07) is 3.03. The second kappa shape index (κ2) is 6.71. The van der Waals surface area contributed by atoms with Gasteiger partial charge in [-0.1, -0.05) is 19.3 Å². The lowest BCUT2D eigenvalue weighted by atomic mass is 9.96. The third-order valence-corrected chi connectivity index (χ3v) is 5.16. The highest BCUT2D eigenvalue weighted by Crippen LogP contribution is 2.28. The van der Waals surface area contributed by atoms with Crippen molar-refractivity contribution in [2.24, 2.45) is 0 Å². The maximum absolute atomic E-state index is 4.81. The van der Waals surface area contributed by atoms with Crippen LogP contribution in [0, 0.1) is 6.92 Å². The Morgan fingerprint density at radius 3 is 2.86 bits per heavy atom. The Kier molecular flexibility index (Phi) is 4.70. The molecular weight excluding hydrogens is 280 g/mol. The van der Waals surface area contributed by atoms with Crippen LogP contribution in [0.25, 0.3) is 0 Å². The van der Waals surface area contributed by atoms with Crippen LogP contribution in [0.3, 0.4) is 0 Å². The first kappa shape index (κ1) is 14.7. The van der Waals surface area contributed by atoms with Crippen molar-refractivity contribution in [2.45, 2.75) is 57.5 Å². The summed E-state index contributed by atoms with van der Waals surface area (Å²) in [7, 11) is 2.00. The molecule has 1 aliphatic rings. The van der Waals surface area contributed by atoms with Gasteiger partial charge in [-0.2, -0.15) is 5.10 Å². The average Bonchev–Trinajstić information content (AvgIpc) is 3.15. The van der Waals surface area contributed by atoms with E-state index in [-0.39, 0.29) is 6.04 Å². The van der Waals surface area contributed by atoms with Crippen molar-refractivity contribution >= 4 is 11.3 Å². The molecule has 3 rings (SSSR count). The number of nitrogens with zero attached hydrogens (tertiary/aromatic N) is 3. The maximum Gasteiger partial charge on any atom is 0.0898 e. The summed E-state index contributed by atoms with van der Waals surface area (Å²) in [6.45, 7) is 2.05. The Labute approximate surface area is 130 Å². The van der Waals surface area contributed by atoms with Crippen molar-refractivity contribution in [2.75, 3.05) is 7.05 Å². The molecule has 2 aromatic rings. The molecule has 2 heterocycles. The standard InChI is InChI=1S/C16H24N4S/c1-12-18-16(11-21-12)15(17-2)10-13-8-9-20(19-13)14-6-4-3-5-7-14/h8-9,11,14-15,17H,3-7,10H2,1-2H3. The average molecular weight is 304 g/mol. The van der Waals surface area contributed by atoms with Gasteiger partial charge in [-0.05, 0) is 32.9 Å². The molecule has 5 heteroatoms. The molecule has 0 bridgehead atoms. The van der Waals surface area contributed by atoms with Crippen molar-refractivity contribution in [3.05, 3.63) is 34.0 Å². The highest BCUT2D eigenvalue weighted by atomic mass is 32.1. The molecule has 1 unspecified atom stereocenters. The normalized spacial score (nSPS) is 18.0. The predicted octanol–water partition coefficient (Wildman–Crippen LogP) is 3.66. The molecule has 114 valence electrons. The quantitative estimate of drug-likeness (QED) is 0.916. The Bertz CT molecular complexity index is 568. The monoisotopic (exact) mass is 304 g/mol. The third-order valence-electron chi connectivity index (χ3n) is 4.37. The second-order valence-corrected chi connectivity index (χ2v) is 6.98. The highest BCUT2D eigenvalue weighted by Gasteiger charge is 2.18. The molecule has 0 amide bonds. The summed E-state index contributed by atoms with van der Waals surface area (Å²) >= 11 is 1.71. The first-order valence-corrected chi connectivity index (χ1v) is 8.77. The van der Waals surface area contributed by atoms with E-state index in [4.69, 9.17) is 5.10 Å².